The smallest absolute Gasteiger partial charge is 0.340 e. The van der Waals surface area contributed by atoms with Crippen molar-refractivity contribution in [2.75, 3.05) is 43.6 Å². The Balaban J connectivity index is 1.90. The number of aryl methyl sites for hydroxylation is 3. The summed E-state index contributed by atoms with van der Waals surface area (Å²) in [6.45, 7) is 8.51. The summed E-state index contributed by atoms with van der Waals surface area (Å²) >= 11 is 0. The summed E-state index contributed by atoms with van der Waals surface area (Å²) in [6.07, 6.45) is 0. The fraction of sp³-hybridized carbons (Fsp3) is 0.364. The van der Waals surface area contributed by atoms with E-state index in [0.29, 0.717) is 43.1 Å². The van der Waals surface area contributed by atoms with Crippen molar-refractivity contribution in [1.29, 1.82) is 0 Å². The van der Waals surface area contributed by atoms with Crippen molar-refractivity contribution in [3.63, 3.8) is 0 Å². The topological polar surface area (TPSA) is 67.9 Å². The lowest BCUT2D eigenvalue weighted by Crippen LogP contribution is -2.37. The Morgan fingerprint density at radius 3 is 2.29 bits per heavy atom. The molecule has 1 amide bonds. The quantitative estimate of drug-likeness (QED) is 0.820. The Kier molecular flexibility index (Phi) is 5.99. The molecule has 2 aromatic rings. The fourth-order valence-corrected chi connectivity index (χ4v) is 3.70. The molecule has 6 nitrogen and oxygen atoms in total. The average Bonchev–Trinajstić information content (AvgIpc) is 2.67. The second-order valence-electron chi connectivity index (χ2n) is 7.05. The van der Waals surface area contributed by atoms with Gasteiger partial charge < -0.3 is 19.7 Å². The van der Waals surface area contributed by atoms with E-state index in [-0.39, 0.29) is 5.91 Å². The minimum absolute atomic E-state index is 0.190. The Labute approximate surface area is 165 Å². The molecule has 1 aliphatic heterocycles. The molecule has 1 aliphatic rings. The number of anilines is 2. The van der Waals surface area contributed by atoms with Crippen molar-refractivity contribution >= 4 is 23.3 Å². The van der Waals surface area contributed by atoms with E-state index in [2.05, 4.69) is 10.2 Å². The van der Waals surface area contributed by atoms with Crippen LogP contribution in [0.5, 0.6) is 0 Å². The first-order chi connectivity index (χ1) is 13.4. The standard InChI is InChI=1S/C22H26N2O4/c1-14-11-15(2)20(16(3)12-14)21(25)23-17-5-6-19(18(13-17)22(26)27-4)24-7-9-28-10-8-24/h5-6,11-13H,7-10H2,1-4H3,(H,23,25). The van der Waals surface area contributed by atoms with Crippen LogP contribution in [-0.2, 0) is 9.47 Å². The largest absolute Gasteiger partial charge is 0.465 e. The van der Waals surface area contributed by atoms with E-state index in [1.807, 2.05) is 45.0 Å². The third-order valence-electron chi connectivity index (χ3n) is 4.92. The summed E-state index contributed by atoms with van der Waals surface area (Å²) in [5, 5.41) is 2.92. The summed E-state index contributed by atoms with van der Waals surface area (Å²) in [5.74, 6) is -0.620. The van der Waals surface area contributed by atoms with Gasteiger partial charge in [-0.05, 0) is 50.1 Å². The van der Waals surface area contributed by atoms with E-state index in [1.165, 1.54) is 7.11 Å². The van der Waals surface area contributed by atoms with Gasteiger partial charge in [0.05, 0.1) is 31.6 Å². The monoisotopic (exact) mass is 382 g/mol. The Morgan fingerprint density at radius 2 is 1.68 bits per heavy atom. The maximum atomic E-state index is 12.9. The lowest BCUT2D eigenvalue weighted by Gasteiger charge is -2.30. The predicted molar refractivity (Wildman–Crippen MR) is 109 cm³/mol. The molecule has 148 valence electrons. The molecule has 0 saturated carbocycles. The number of nitrogens with one attached hydrogen (secondary N) is 1. The fourth-order valence-electron chi connectivity index (χ4n) is 3.70. The van der Waals surface area contributed by atoms with Gasteiger partial charge in [-0.15, -0.1) is 0 Å². The van der Waals surface area contributed by atoms with Crippen molar-refractivity contribution < 1.29 is 19.1 Å². The summed E-state index contributed by atoms with van der Waals surface area (Å²) in [7, 11) is 1.36. The number of hydrogen-bond acceptors (Lipinski definition) is 5. The molecule has 1 heterocycles. The van der Waals surface area contributed by atoms with E-state index < -0.39 is 5.97 Å². The van der Waals surface area contributed by atoms with Gasteiger partial charge in [0, 0.05) is 24.3 Å². The van der Waals surface area contributed by atoms with Gasteiger partial charge in [0.25, 0.3) is 5.91 Å². The Morgan fingerprint density at radius 1 is 1.04 bits per heavy atom. The number of carbonyl (C=O) groups excluding carboxylic acids is 2. The van der Waals surface area contributed by atoms with Crippen LogP contribution in [0.3, 0.4) is 0 Å². The zero-order chi connectivity index (χ0) is 20.3. The summed E-state index contributed by atoms with van der Waals surface area (Å²) in [5.41, 5.74) is 5.40. The zero-order valence-corrected chi connectivity index (χ0v) is 16.8. The van der Waals surface area contributed by atoms with Crippen molar-refractivity contribution in [2.45, 2.75) is 20.8 Å². The van der Waals surface area contributed by atoms with Crippen LogP contribution in [-0.4, -0.2) is 45.3 Å². The van der Waals surface area contributed by atoms with E-state index in [0.717, 1.165) is 22.4 Å². The summed E-state index contributed by atoms with van der Waals surface area (Å²) in [6, 6.07) is 9.32. The SMILES string of the molecule is COC(=O)c1cc(NC(=O)c2c(C)cc(C)cc2C)ccc1N1CCOCC1. The maximum Gasteiger partial charge on any atom is 0.340 e. The molecular formula is C22H26N2O4. The van der Waals surface area contributed by atoms with Gasteiger partial charge in [0.15, 0.2) is 0 Å². The van der Waals surface area contributed by atoms with Crippen LogP contribution in [0, 0.1) is 20.8 Å². The number of amides is 1. The van der Waals surface area contributed by atoms with Crippen molar-refractivity contribution in [1.82, 2.24) is 0 Å². The second-order valence-corrected chi connectivity index (χ2v) is 7.05. The molecule has 0 spiro atoms. The molecule has 6 heteroatoms. The van der Waals surface area contributed by atoms with Crippen LogP contribution in [0.2, 0.25) is 0 Å². The van der Waals surface area contributed by atoms with Crippen molar-refractivity contribution in [3.8, 4) is 0 Å². The molecule has 0 unspecified atom stereocenters. The summed E-state index contributed by atoms with van der Waals surface area (Å²) < 4.78 is 10.3. The van der Waals surface area contributed by atoms with Gasteiger partial charge in [0.2, 0.25) is 0 Å². The van der Waals surface area contributed by atoms with Crippen LogP contribution in [0.25, 0.3) is 0 Å². The van der Waals surface area contributed by atoms with E-state index in [9.17, 15) is 9.59 Å². The first-order valence-electron chi connectivity index (χ1n) is 9.35. The third-order valence-corrected chi connectivity index (χ3v) is 4.92. The highest BCUT2D eigenvalue weighted by Crippen LogP contribution is 2.27. The molecule has 3 rings (SSSR count). The first kappa shape index (κ1) is 19.9. The van der Waals surface area contributed by atoms with Gasteiger partial charge >= 0.3 is 5.97 Å². The number of esters is 1. The molecule has 2 aromatic carbocycles. The van der Waals surface area contributed by atoms with Gasteiger partial charge in [0.1, 0.15) is 0 Å². The van der Waals surface area contributed by atoms with E-state index in [1.54, 1.807) is 6.07 Å². The van der Waals surface area contributed by atoms with E-state index >= 15 is 0 Å². The first-order valence-corrected chi connectivity index (χ1v) is 9.35. The minimum atomic E-state index is -0.430. The van der Waals surface area contributed by atoms with Gasteiger partial charge in [-0.2, -0.15) is 0 Å². The highest BCUT2D eigenvalue weighted by molar-refractivity contribution is 6.07. The molecular weight excluding hydrogens is 356 g/mol. The maximum absolute atomic E-state index is 12.9. The molecule has 0 bridgehead atoms. The lowest BCUT2D eigenvalue weighted by atomic mass is 9.99. The van der Waals surface area contributed by atoms with Crippen molar-refractivity contribution in [2.24, 2.45) is 0 Å². The number of carbonyl (C=O) groups is 2. The number of rotatable bonds is 4. The van der Waals surface area contributed by atoms with Crippen LogP contribution in [0.1, 0.15) is 37.4 Å². The highest BCUT2D eigenvalue weighted by Gasteiger charge is 2.21. The zero-order valence-electron chi connectivity index (χ0n) is 16.8. The number of ether oxygens (including phenoxy) is 2. The van der Waals surface area contributed by atoms with Gasteiger partial charge in [-0.3, -0.25) is 4.79 Å². The number of methoxy groups -OCH3 is 1. The third kappa shape index (κ3) is 4.17. The number of morpholine rings is 1. The molecule has 1 saturated heterocycles. The van der Waals surface area contributed by atoms with E-state index in [4.69, 9.17) is 9.47 Å². The Bertz CT molecular complexity index is 878. The molecule has 28 heavy (non-hydrogen) atoms. The molecule has 1 fully saturated rings. The number of benzene rings is 2. The van der Waals surface area contributed by atoms with Crippen LogP contribution in [0.4, 0.5) is 11.4 Å². The summed E-state index contributed by atoms with van der Waals surface area (Å²) in [4.78, 5) is 27.3. The molecule has 1 N–H and O–H groups in total. The molecule has 0 aliphatic carbocycles. The van der Waals surface area contributed by atoms with Crippen LogP contribution in [0.15, 0.2) is 30.3 Å². The molecule has 0 radical (unpaired) electrons. The lowest BCUT2D eigenvalue weighted by molar-refractivity contribution is 0.0600. The van der Waals surface area contributed by atoms with Gasteiger partial charge in [-0.25, -0.2) is 4.79 Å². The van der Waals surface area contributed by atoms with Crippen molar-refractivity contribution in [3.05, 3.63) is 58.1 Å². The molecule has 0 aromatic heterocycles. The van der Waals surface area contributed by atoms with Crippen LogP contribution >= 0.6 is 0 Å². The number of nitrogens with zero attached hydrogens (tertiary/aromatic N) is 1. The number of hydrogen-bond donors (Lipinski definition) is 1. The predicted octanol–water partition coefficient (Wildman–Crippen LogP) is 3.49. The second kappa shape index (κ2) is 8.44. The Hall–Kier alpha value is -2.86. The normalized spacial score (nSPS) is 13.9. The minimum Gasteiger partial charge on any atom is -0.465 e. The van der Waals surface area contributed by atoms with Crippen LogP contribution < -0.4 is 10.2 Å². The van der Waals surface area contributed by atoms with Gasteiger partial charge in [-0.1, -0.05) is 17.7 Å². The average molecular weight is 382 g/mol. The molecule has 0 atom stereocenters. The highest BCUT2D eigenvalue weighted by atomic mass is 16.5.